The van der Waals surface area contributed by atoms with E-state index in [9.17, 15) is 4.79 Å². The summed E-state index contributed by atoms with van der Waals surface area (Å²) < 4.78 is 1.99. The number of allylic oxidation sites excluding steroid dienone is 2. The van der Waals surface area contributed by atoms with E-state index in [-0.39, 0.29) is 18.1 Å². The van der Waals surface area contributed by atoms with E-state index in [0.717, 1.165) is 24.1 Å². The van der Waals surface area contributed by atoms with Crippen LogP contribution in [-0.4, -0.2) is 38.9 Å². The average Bonchev–Trinajstić information content (AvgIpc) is 3.35. The van der Waals surface area contributed by atoms with Crippen LogP contribution in [-0.2, 0) is 6.54 Å². The van der Waals surface area contributed by atoms with Crippen molar-refractivity contribution in [2.24, 2.45) is 4.99 Å². The fraction of sp³-hybridized carbons (Fsp3) is 0.261. The van der Waals surface area contributed by atoms with E-state index in [1.807, 2.05) is 54.1 Å². The molecule has 1 saturated heterocycles. The summed E-state index contributed by atoms with van der Waals surface area (Å²) in [4.78, 5) is 23.4. The Labute approximate surface area is 182 Å². The smallest absolute Gasteiger partial charge is 0.323 e. The number of amidine groups is 1. The van der Waals surface area contributed by atoms with E-state index < -0.39 is 0 Å². The zero-order valence-electron chi connectivity index (χ0n) is 17.0. The van der Waals surface area contributed by atoms with Crippen molar-refractivity contribution >= 4 is 23.5 Å². The predicted octanol–water partition coefficient (Wildman–Crippen LogP) is 4.78. The van der Waals surface area contributed by atoms with Gasteiger partial charge in [0.2, 0.25) is 0 Å². The molecule has 2 unspecified atom stereocenters. The van der Waals surface area contributed by atoms with Gasteiger partial charge in [0, 0.05) is 36.1 Å². The molecule has 30 heavy (non-hydrogen) atoms. The van der Waals surface area contributed by atoms with Crippen molar-refractivity contribution in [1.29, 1.82) is 0 Å². The number of carbonyl (C=O) groups excluding carboxylic acids is 1. The second-order valence-electron chi connectivity index (χ2n) is 7.06. The molecule has 0 bridgehead atoms. The van der Waals surface area contributed by atoms with Crippen LogP contribution in [0.2, 0.25) is 5.02 Å². The molecule has 2 amide bonds. The maximum absolute atomic E-state index is 12.8. The first-order chi connectivity index (χ1) is 14.5. The molecule has 0 radical (unpaired) electrons. The Bertz CT molecular complexity index is 964. The highest BCUT2D eigenvalue weighted by Gasteiger charge is 2.38. The van der Waals surface area contributed by atoms with Gasteiger partial charge in [-0.15, -0.1) is 0 Å². The van der Waals surface area contributed by atoms with Crippen molar-refractivity contribution in [2.75, 3.05) is 6.54 Å². The zero-order chi connectivity index (χ0) is 21.5. The van der Waals surface area contributed by atoms with Crippen LogP contribution < -0.4 is 5.32 Å². The molecule has 1 N–H and O–H groups in total. The normalized spacial score (nSPS) is 18.7. The number of aryl methyl sites for hydroxylation is 1. The Morgan fingerprint density at radius 2 is 2.20 bits per heavy atom. The quantitative estimate of drug-likeness (QED) is 0.590. The average molecular weight is 424 g/mol. The number of hydrogen-bond acceptors (Lipinski definition) is 3. The molecular formula is C23H26ClN5O. The number of aromatic nitrogens is 2. The molecule has 2 aromatic rings. The predicted molar refractivity (Wildman–Crippen MR) is 122 cm³/mol. The number of nitrogens with one attached hydrogen (secondary N) is 1. The van der Waals surface area contributed by atoms with Crippen LogP contribution in [0.1, 0.15) is 24.9 Å². The van der Waals surface area contributed by atoms with Crippen LogP contribution in [0.25, 0.3) is 0 Å². The molecule has 1 aromatic carbocycles. The number of benzene rings is 1. The van der Waals surface area contributed by atoms with Crippen LogP contribution in [0.5, 0.6) is 0 Å². The van der Waals surface area contributed by atoms with Crippen LogP contribution in [0.3, 0.4) is 0 Å². The third-order valence-corrected chi connectivity index (χ3v) is 5.30. The Balaban J connectivity index is 1.86. The molecule has 0 aliphatic carbocycles. The standard InChI is InChI=1S/C23H26ClN5O/c1-4-5-9-17(2)18(3)26-22-21(19-10-6-7-11-20(19)24)29(23(30)27-22)14-8-13-28-15-12-25-16-28/h4-7,9-12,15-16,18,21H,1-2,8,13-14H2,3H3,(H,26,27,30)/b9-5-. The van der Waals surface area contributed by atoms with Crippen LogP contribution in [0.4, 0.5) is 4.79 Å². The van der Waals surface area contributed by atoms with Crippen LogP contribution >= 0.6 is 11.6 Å². The minimum Gasteiger partial charge on any atom is -0.337 e. The topological polar surface area (TPSA) is 62.5 Å². The Morgan fingerprint density at radius 3 is 2.90 bits per heavy atom. The van der Waals surface area contributed by atoms with Gasteiger partial charge in [0.25, 0.3) is 0 Å². The van der Waals surface area contributed by atoms with Gasteiger partial charge >= 0.3 is 6.03 Å². The van der Waals surface area contributed by atoms with E-state index >= 15 is 0 Å². The Hall–Kier alpha value is -3.12. The van der Waals surface area contributed by atoms with Crippen molar-refractivity contribution in [3.05, 3.63) is 90.5 Å². The molecule has 1 aromatic heterocycles. The summed E-state index contributed by atoms with van der Waals surface area (Å²) >= 11 is 6.49. The van der Waals surface area contributed by atoms with Gasteiger partial charge in [-0.3, -0.25) is 10.3 Å². The first kappa shape index (κ1) is 21.6. The summed E-state index contributed by atoms with van der Waals surface area (Å²) in [6.07, 6.45) is 11.6. The molecule has 1 aliphatic rings. The lowest BCUT2D eigenvalue weighted by Crippen LogP contribution is -2.31. The molecule has 7 heteroatoms. The van der Waals surface area contributed by atoms with E-state index in [1.54, 1.807) is 23.5 Å². The lowest BCUT2D eigenvalue weighted by molar-refractivity contribution is 0.204. The summed E-state index contributed by atoms with van der Waals surface area (Å²) in [5.74, 6) is 0.580. The summed E-state index contributed by atoms with van der Waals surface area (Å²) in [6, 6.07) is 6.81. The maximum Gasteiger partial charge on any atom is 0.323 e. The fourth-order valence-corrected chi connectivity index (χ4v) is 3.56. The highest BCUT2D eigenvalue weighted by Crippen LogP contribution is 2.32. The number of carbonyl (C=O) groups is 1. The number of imidazole rings is 1. The molecule has 6 nitrogen and oxygen atoms in total. The number of nitrogens with zero attached hydrogens (tertiary/aromatic N) is 4. The Kier molecular flexibility index (Phi) is 7.25. The Morgan fingerprint density at radius 1 is 1.40 bits per heavy atom. The SMILES string of the molecule is C=C/C=C\C(=C)C(C)N=C1NC(=O)N(CCCn2ccnc2)C1c1ccccc1Cl. The molecule has 0 saturated carbocycles. The maximum atomic E-state index is 12.8. The minimum atomic E-state index is -0.368. The first-order valence-electron chi connectivity index (χ1n) is 9.84. The second kappa shape index (κ2) is 10.1. The molecule has 1 fully saturated rings. The number of amides is 2. The number of aliphatic imine (C=N–C) groups is 1. The second-order valence-corrected chi connectivity index (χ2v) is 7.47. The number of urea groups is 1. The largest absolute Gasteiger partial charge is 0.337 e. The highest BCUT2D eigenvalue weighted by atomic mass is 35.5. The van der Waals surface area contributed by atoms with Gasteiger partial charge in [0.1, 0.15) is 11.9 Å². The highest BCUT2D eigenvalue weighted by molar-refractivity contribution is 6.31. The number of rotatable bonds is 9. The van der Waals surface area contributed by atoms with Gasteiger partial charge in [-0.1, -0.05) is 61.2 Å². The monoisotopic (exact) mass is 423 g/mol. The van der Waals surface area contributed by atoms with E-state index in [0.29, 0.717) is 17.4 Å². The fourth-order valence-electron chi connectivity index (χ4n) is 3.33. The van der Waals surface area contributed by atoms with Crippen molar-refractivity contribution in [3.63, 3.8) is 0 Å². The molecule has 2 heterocycles. The summed E-state index contributed by atoms with van der Waals surface area (Å²) in [5, 5.41) is 3.54. The van der Waals surface area contributed by atoms with Crippen molar-refractivity contribution in [1.82, 2.24) is 19.8 Å². The summed E-state index contributed by atoms with van der Waals surface area (Å²) in [7, 11) is 0. The van der Waals surface area contributed by atoms with Gasteiger partial charge < -0.3 is 9.47 Å². The lowest BCUT2D eigenvalue weighted by Gasteiger charge is -2.24. The molecule has 156 valence electrons. The minimum absolute atomic E-state index is 0.177. The van der Waals surface area contributed by atoms with E-state index in [4.69, 9.17) is 16.6 Å². The van der Waals surface area contributed by atoms with Gasteiger partial charge in [-0.2, -0.15) is 0 Å². The zero-order valence-corrected chi connectivity index (χ0v) is 17.8. The molecule has 3 rings (SSSR count). The number of halogens is 1. The molecular weight excluding hydrogens is 398 g/mol. The third-order valence-electron chi connectivity index (χ3n) is 4.96. The molecule has 1 aliphatic heterocycles. The van der Waals surface area contributed by atoms with Gasteiger partial charge in [-0.25, -0.2) is 9.78 Å². The summed E-state index contributed by atoms with van der Waals surface area (Å²) in [5.41, 5.74) is 1.67. The number of hydrogen-bond donors (Lipinski definition) is 1. The first-order valence-corrected chi connectivity index (χ1v) is 10.2. The van der Waals surface area contributed by atoms with Crippen LogP contribution in [0, 0.1) is 0 Å². The van der Waals surface area contributed by atoms with Crippen LogP contribution in [0.15, 0.2) is 84.9 Å². The molecule has 2 atom stereocenters. The van der Waals surface area contributed by atoms with Crippen molar-refractivity contribution < 1.29 is 4.79 Å². The van der Waals surface area contributed by atoms with E-state index in [1.165, 1.54) is 0 Å². The van der Waals surface area contributed by atoms with Gasteiger partial charge in [-0.05, 0) is 25.0 Å². The third kappa shape index (κ3) is 5.07. The van der Waals surface area contributed by atoms with Crippen molar-refractivity contribution in [2.45, 2.75) is 32.0 Å². The van der Waals surface area contributed by atoms with E-state index in [2.05, 4.69) is 23.5 Å². The summed E-state index contributed by atoms with van der Waals surface area (Å²) in [6.45, 7) is 11.0. The van der Waals surface area contributed by atoms with Crippen molar-refractivity contribution in [3.8, 4) is 0 Å². The van der Waals surface area contributed by atoms with Gasteiger partial charge in [0.15, 0.2) is 0 Å². The lowest BCUT2D eigenvalue weighted by atomic mass is 10.0. The van der Waals surface area contributed by atoms with Gasteiger partial charge in [0.05, 0.1) is 12.4 Å². The molecule has 0 spiro atoms.